The molecule has 0 radical (unpaired) electrons. The van der Waals surface area contributed by atoms with Gasteiger partial charge in [-0.3, -0.25) is 19.7 Å². The van der Waals surface area contributed by atoms with Gasteiger partial charge in [-0.05, 0) is 36.3 Å². The molecule has 2 heterocycles. The zero-order chi connectivity index (χ0) is 20.4. The number of rotatable bonds is 6. The number of hydrogen-bond donors (Lipinski definition) is 3. The Labute approximate surface area is 171 Å². The van der Waals surface area contributed by atoms with Gasteiger partial charge in [0.15, 0.2) is 0 Å². The molecular formula is C22H30N4O3. The summed E-state index contributed by atoms with van der Waals surface area (Å²) in [5.41, 5.74) is 8.64. The van der Waals surface area contributed by atoms with Gasteiger partial charge in [0.25, 0.3) is 5.91 Å². The van der Waals surface area contributed by atoms with Gasteiger partial charge in [-0.2, -0.15) is 0 Å². The Kier molecular flexibility index (Phi) is 5.96. The van der Waals surface area contributed by atoms with Crippen LogP contribution in [0.4, 0.5) is 0 Å². The van der Waals surface area contributed by atoms with Gasteiger partial charge in [0, 0.05) is 37.7 Å². The predicted molar refractivity (Wildman–Crippen MR) is 109 cm³/mol. The van der Waals surface area contributed by atoms with Gasteiger partial charge < -0.3 is 16.0 Å². The molecule has 2 aliphatic heterocycles. The minimum atomic E-state index is -0.576. The predicted octanol–water partition coefficient (Wildman–Crippen LogP) is 1.44. The molecule has 0 aromatic heterocycles. The summed E-state index contributed by atoms with van der Waals surface area (Å²) in [4.78, 5) is 38.5. The normalized spacial score (nSPS) is 23.8. The molecule has 0 spiro atoms. The number of nitrogens with zero attached hydrogens (tertiary/aromatic N) is 1. The Hall–Kier alpha value is -2.25. The highest BCUT2D eigenvalue weighted by Gasteiger charge is 2.40. The van der Waals surface area contributed by atoms with Gasteiger partial charge in [0.05, 0.1) is 0 Å². The lowest BCUT2D eigenvalue weighted by atomic mass is 9.84. The first-order valence-corrected chi connectivity index (χ1v) is 10.8. The molecular weight excluding hydrogens is 368 g/mol. The third-order valence-electron chi connectivity index (χ3n) is 6.67. The standard InChI is InChI=1S/C22H30N4O3/c23-11-17(14-5-2-1-3-6-14)24-12-15-7-4-8-16-13-26(22(29)20(15)16)18-9-10-19(27)25-21(18)28/h4,7-8,14,17-18,24H,1-3,5-6,9-13,23H2,(H,25,27,28)/t17-,18?/m0/s1. The molecule has 0 bridgehead atoms. The summed E-state index contributed by atoms with van der Waals surface area (Å²) in [7, 11) is 0. The second kappa shape index (κ2) is 8.63. The molecule has 2 fully saturated rings. The van der Waals surface area contributed by atoms with Crippen LogP contribution in [0.2, 0.25) is 0 Å². The second-order valence-corrected chi connectivity index (χ2v) is 8.47. The Morgan fingerprint density at radius 3 is 2.66 bits per heavy atom. The smallest absolute Gasteiger partial charge is 0.255 e. The first-order chi connectivity index (χ1) is 14.1. The van der Waals surface area contributed by atoms with Crippen LogP contribution in [0.5, 0.6) is 0 Å². The molecule has 7 heteroatoms. The quantitative estimate of drug-likeness (QED) is 0.629. The lowest BCUT2D eigenvalue weighted by Crippen LogP contribution is -2.52. The third-order valence-corrected chi connectivity index (χ3v) is 6.67. The van der Waals surface area contributed by atoms with E-state index in [0.29, 0.717) is 37.5 Å². The number of carbonyl (C=O) groups is 3. The minimum absolute atomic E-state index is 0.117. The van der Waals surface area contributed by atoms with E-state index in [2.05, 4.69) is 10.6 Å². The maximum absolute atomic E-state index is 13.2. The van der Waals surface area contributed by atoms with Crippen molar-refractivity contribution in [3.05, 3.63) is 34.9 Å². The van der Waals surface area contributed by atoms with E-state index in [1.54, 1.807) is 4.90 Å². The Morgan fingerprint density at radius 2 is 1.93 bits per heavy atom. The van der Waals surface area contributed by atoms with Gasteiger partial charge in [0.2, 0.25) is 11.8 Å². The van der Waals surface area contributed by atoms with Crippen molar-refractivity contribution in [3.8, 4) is 0 Å². The molecule has 4 rings (SSSR count). The lowest BCUT2D eigenvalue weighted by molar-refractivity contribution is -0.136. The van der Waals surface area contributed by atoms with E-state index in [4.69, 9.17) is 5.73 Å². The molecule has 1 aliphatic carbocycles. The molecule has 2 atom stereocenters. The molecule has 7 nitrogen and oxygen atoms in total. The van der Waals surface area contributed by atoms with Crippen LogP contribution in [0, 0.1) is 5.92 Å². The van der Waals surface area contributed by atoms with E-state index in [1.165, 1.54) is 32.1 Å². The lowest BCUT2D eigenvalue weighted by Gasteiger charge is -2.30. The van der Waals surface area contributed by atoms with E-state index in [-0.39, 0.29) is 30.2 Å². The molecule has 29 heavy (non-hydrogen) atoms. The zero-order valence-electron chi connectivity index (χ0n) is 16.8. The summed E-state index contributed by atoms with van der Waals surface area (Å²) in [5, 5.41) is 5.95. The van der Waals surface area contributed by atoms with Crippen molar-refractivity contribution in [3.63, 3.8) is 0 Å². The third kappa shape index (κ3) is 4.07. The van der Waals surface area contributed by atoms with Crippen molar-refractivity contribution in [2.24, 2.45) is 11.7 Å². The van der Waals surface area contributed by atoms with Crippen LogP contribution in [-0.4, -0.2) is 41.2 Å². The SMILES string of the molecule is NC[C@H](NCc1cccc2c1C(=O)N(C1CCC(=O)NC1=O)C2)C1CCCCC1. The zero-order valence-corrected chi connectivity index (χ0v) is 16.8. The summed E-state index contributed by atoms with van der Waals surface area (Å²) in [6, 6.07) is 5.58. The number of benzene rings is 1. The second-order valence-electron chi connectivity index (χ2n) is 8.47. The Bertz CT molecular complexity index is 803. The fraction of sp³-hybridized carbons (Fsp3) is 0.591. The molecule has 3 amide bonds. The topological polar surface area (TPSA) is 105 Å². The largest absolute Gasteiger partial charge is 0.329 e. The number of hydrogen-bond acceptors (Lipinski definition) is 5. The van der Waals surface area contributed by atoms with E-state index in [1.807, 2.05) is 18.2 Å². The van der Waals surface area contributed by atoms with Crippen LogP contribution in [0.25, 0.3) is 0 Å². The van der Waals surface area contributed by atoms with Crippen LogP contribution >= 0.6 is 0 Å². The van der Waals surface area contributed by atoms with Crippen molar-refractivity contribution < 1.29 is 14.4 Å². The maximum Gasteiger partial charge on any atom is 0.255 e. The summed E-state index contributed by atoms with van der Waals surface area (Å²) < 4.78 is 0. The van der Waals surface area contributed by atoms with Crippen LogP contribution in [0.3, 0.4) is 0 Å². The molecule has 3 aliphatic rings. The van der Waals surface area contributed by atoms with Crippen molar-refractivity contribution >= 4 is 17.7 Å². The van der Waals surface area contributed by atoms with Crippen LogP contribution in [-0.2, 0) is 22.7 Å². The molecule has 1 saturated heterocycles. The number of carbonyl (C=O) groups excluding carboxylic acids is 3. The van der Waals surface area contributed by atoms with Crippen molar-refractivity contribution in [1.29, 1.82) is 0 Å². The van der Waals surface area contributed by atoms with E-state index < -0.39 is 6.04 Å². The number of amides is 3. The highest BCUT2D eigenvalue weighted by molar-refractivity contribution is 6.05. The average Bonchev–Trinajstić information content (AvgIpc) is 3.06. The van der Waals surface area contributed by atoms with Gasteiger partial charge in [0.1, 0.15) is 6.04 Å². The van der Waals surface area contributed by atoms with Crippen LogP contribution in [0.1, 0.15) is 66.4 Å². The number of fused-ring (bicyclic) bond motifs is 1. The number of nitrogens with one attached hydrogen (secondary N) is 2. The van der Waals surface area contributed by atoms with E-state index in [9.17, 15) is 14.4 Å². The monoisotopic (exact) mass is 398 g/mol. The fourth-order valence-electron chi connectivity index (χ4n) is 5.06. The van der Waals surface area contributed by atoms with E-state index in [0.717, 1.165) is 11.1 Å². The van der Waals surface area contributed by atoms with Gasteiger partial charge in [-0.25, -0.2) is 0 Å². The van der Waals surface area contributed by atoms with Gasteiger partial charge >= 0.3 is 0 Å². The Balaban J connectivity index is 1.47. The summed E-state index contributed by atoms with van der Waals surface area (Å²) in [6.45, 7) is 1.60. The van der Waals surface area contributed by atoms with Crippen LogP contribution in [0.15, 0.2) is 18.2 Å². The minimum Gasteiger partial charge on any atom is -0.329 e. The molecule has 156 valence electrons. The average molecular weight is 399 g/mol. The van der Waals surface area contributed by atoms with E-state index >= 15 is 0 Å². The first kappa shape index (κ1) is 20.0. The van der Waals surface area contributed by atoms with Crippen molar-refractivity contribution in [1.82, 2.24) is 15.5 Å². The summed E-state index contributed by atoms with van der Waals surface area (Å²) in [6.07, 6.45) is 6.92. The van der Waals surface area contributed by atoms with Crippen LogP contribution < -0.4 is 16.4 Å². The number of nitrogens with two attached hydrogens (primary N) is 1. The molecule has 1 saturated carbocycles. The first-order valence-electron chi connectivity index (χ1n) is 10.8. The Morgan fingerprint density at radius 1 is 1.14 bits per heavy atom. The van der Waals surface area contributed by atoms with Gasteiger partial charge in [-0.1, -0.05) is 37.5 Å². The fourth-order valence-corrected chi connectivity index (χ4v) is 5.06. The highest BCUT2D eigenvalue weighted by atomic mass is 16.2. The summed E-state index contributed by atoms with van der Waals surface area (Å²) >= 11 is 0. The number of piperidine rings is 1. The summed E-state index contributed by atoms with van der Waals surface area (Å²) in [5.74, 6) is -0.159. The molecule has 4 N–H and O–H groups in total. The van der Waals surface area contributed by atoms with Crippen molar-refractivity contribution in [2.45, 2.75) is 70.1 Å². The number of imide groups is 1. The maximum atomic E-state index is 13.2. The molecule has 1 unspecified atom stereocenters. The molecule has 1 aromatic rings. The van der Waals surface area contributed by atoms with Crippen molar-refractivity contribution in [2.75, 3.05) is 6.54 Å². The van der Waals surface area contributed by atoms with Gasteiger partial charge in [-0.15, -0.1) is 0 Å². The highest BCUT2D eigenvalue weighted by Crippen LogP contribution is 2.30. The molecule has 1 aromatic carbocycles.